The third kappa shape index (κ3) is 4.05. The van der Waals surface area contributed by atoms with Crippen molar-refractivity contribution in [1.29, 1.82) is 0 Å². The van der Waals surface area contributed by atoms with Gasteiger partial charge in [0.1, 0.15) is 12.2 Å². The van der Waals surface area contributed by atoms with Crippen LogP contribution in [0.2, 0.25) is 0 Å². The first-order valence-corrected chi connectivity index (χ1v) is 7.52. The Morgan fingerprint density at radius 1 is 1.19 bits per heavy atom. The van der Waals surface area contributed by atoms with Crippen LogP contribution < -0.4 is 0 Å². The van der Waals surface area contributed by atoms with E-state index < -0.39 is 0 Å². The third-order valence-corrected chi connectivity index (χ3v) is 3.65. The molecule has 0 N–H and O–H groups in total. The van der Waals surface area contributed by atoms with Gasteiger partial charge in [0.2, 0.25) is 0 Å². The van der Waals surface area contributed by atoms with Crippen LogP contribution in [-0.4, -0.2) is 37.0 Å². The SMILES string of the molecule is CC(C)OC1C(C)OCC(C)C1OC(=O)c1ccccc1. The molecule has 21 heavy (non-hydrogen) atoms. The summed E-state index contributed by atoms with van der Waals surface area (Å²) in [5.74, 6) is -0.198. The molecular formula is C17H24O4. The van der Waals surface area contributed by atoms with E-state index in [1.165, 1.54) is 0 Å². The summed E-state index contributed by atoms with van der Waals surface area (Å²) in [6, 6.07) is 9.05. The van der Waals surface area contributed by atoms with Crippen LogP contribution in [0.4, 0.5) is 0 Å². The topological polar surface area (TPSA) is 44.8 Å². The van der Waals surface area contributed by atoms with Gasteiger partial charge in [-0.05, 0) is 32.9 Å². The van der Waals surface area contributed by atoms with Crippen LogP contribution in [0.1, 0.15) is 38.1 Å². The van der Waals surface area contributed by atoms with E-state index >= 15 is 0 Å². The van der Waals surface area contributed by atoms with Gasteiger partial charge in [0.25, 0.3) is 0 Å². The van der Waals surface area contributed by atoms with Crippen LogP contribution in [0.25, 0.3) is 0 Å². The quantitative estimate of drug-likeness (QED) is 0.800. The summed E-state index contributed by atoms with van der Waals surface area (Å²) >= 11 is 0. The van der Waals surface area contributed by atoms with Crippen LogP contribution in [0.5, 0.6) is 0 Å². The molecule has 0 saturated carbocycles. The number of esters is 1. The number of ether oxygens (including phenoxy) is 3. The molecule has 2 rings (SSSR count). The molecule has 0 aliphatic carbocycles. The number of rotatable bonds is 4. The zero-order chi connectivity index (χ0) is 15.4. The third-order valence-electron chi connectivity index (χ3n) is 3.65. The Balaban J connectivity index is 2.11. The van der Waals surface area contributed by atoms with E-state index in [9.17, 15) is 4.79 Å². The maximum Gasteiger partial charge on any atom is 0.338 e. The van der Waals surface area contributed by atoms with Gasteiger partial charge < -0.3 is 14.2 Å². The Bertz CT molecular complexity index is 457. The van der Waals surface area contributed by atoms with Gasteiger partial charge in [0.05, 0.1) is 24.4 Å². The van der Waals surface area contributed by atoms with Crippen molar-refractivity contribution in [2.45, 2.75) is 52.1 Å². The normalized spacial score (nSPS) is 29.4. The second-order valence-corrected chi connectivity index (χ2v) is 5.90. The summed E-state index contributed by atoms with van der Waals surface area (Å²) in [6.07, 6.45) is -0.549. The molecule has 1 fully saturated rings. The number of hydrogen-bond acceptors (Lipinski definition) is 4. The van der Waals surface area contributed by atoms with Crippen LogP contribution in [-0.2, 0) is 14.2 Å². The standard InChI is InChI=1S/C17H24O4/c1-11(2)20-16-13(4)19-10-12(3)15(16)21-17(18)14-8-6-5-7-9-14/h5-9,11-13,15-16H,10H2,1-4H3. The minimum absolute atomic E-state index is 0.0595. The fourth-order valence-corrected chi connectivity index (χ4v) is 2.54. The lowest BCUT2D eigenvalue weighted by Gasteiger charge is -2.40. The molecule has 0 amide bonds. The van der Waals surface area contributed by atoms with E-state index in [-0.39, 0.29) is 36.3 Å². The van der Waals surface area contributed by atoms with Crippen molar-refractivity contribution in [2.24, 2.45) is 5.92 Å². The van der Waals surface area contributed by atoms with E-state index in [1.807, 2.05) is 45.9 Å². The average molecular weight is 292 g/mol. The summed E-state index contributed by atoms with van der Waals surface area (Å²) in [7, 11) is 0. The first-order chi connectivity index (χ1) is 9.99. The van der Waals surface area contributed by atoms with Crippen LogP contribution in [0, 0.1) is 5.92 Å². The summed E-state index contributed by atoms with van der Waals surface area (Å²) in [4.78, 5) is 12.3. The smallest absolute Gasteiger partial charge is 0.338 e. The van der Waals surface area contributed by atoms with Gasteiger partial charge >= 0.3 is 5.97 Å². The molecule has 1 aliphatic heterocycles. The van der Waals surface area contributed by atoms with Gasteiger partial charge in [-0.25, -0.2) is 4.79 Å². The van der Waals surface area contributed by atoms with Crippen LogP contribution in [0.3, 0.4) is 0 Å². The van der Waals surface area contributed by atoms with Gasteiger partial charge in [0, 0.05) is 5.92 Å². The molecule has 0 aromatic heterocycles. The summed E-state index contributed by atoms with van der Waals surface area (Å²) in [6.45, 7) is 8.50. The molecule has 4 unspecified atom stereocenters. The van der Waals surface area contributed by atoms with E-state index in [2.05, 4.69) is 0 Å². The van der Waals surface area contributed by atoms with Crippen molar-refractivity contribution in [2.75, 3.05) is 6.61 Å². The molecule has 116 valence electrons. The number of carbonyl (C=O) groups excluding carboxylic acids is 1. The molecule has 1 aromatic carbocycles. The molecule has 4 heteroatoms. The van der Waals surface area contributed by atoms with Crippen molar-refractivity contribution in [3.8, 4) is 0 Å². The number of carbonyl (C=O) groups is 1. The zero-order valence-electron chi connectivity index (χ0n) is 13.1. The number of hydrogen-bond donors (Lipinski definition) is 0. The molecule has 4 nitrogen and oxygen atoms in total. The lowest BCUT2D eigenvalue weighted by atomic mass is 9.93. The van der Waals surface area contributed by atoms with Gasteiger partial charge in [-0.2, -0.15) is 0 Å². The van der Waals surface area contributed by atoms with Crippen LogP contribution in [0.15, 0.2) is 30.3 Å². The molecule has 0 spiro atoms. The predicted molar refractivity (Wildman–Crippen MR) is 80.2 cm³/mol. The Morgan fingerprint density at radius 3 is 2.48 bits per heavy atom. The summed E-state index contributed by atoms with van der Waals surface area (Å²) in [5, 5.41) is 0. The lowest BCUT2D eigenvalue weighted by Crippen LogP contribution is -2.52. The van der Waals surface area contributed by atoms with Gasteiger partial charge in [0.15, 0.2) is 0 Å². The molecular weight excluding hydrogens is 268 g/mol. The molecule has 0 bridgehead atoms. The van der Waals surface area contributed by atoms with Crippen molar-refractivity contribution in [3.63, 3.8) is 0 Å². The van der Waals surface area contributed by atoms with Crippen molar-refractivity contribution < 1.29 is 19.0 Å². The molecule has 1 heterocycles. The molecule has 1 aliphatic rings. The predicted octanol–water partition coefficient (Wildman–Crippen LogP) is 3.06. The Morgan fingerprint density at radius 2 is 1.86 bits per heavy atom. The lowest BCUT2D eigenvalue weighted by molar-refractivity contribution is -0.188. The van der Waals surface area contributed by atoms with Gasteiger partial charge in [-0.15, -0.1) is 0 Å². The average Bonchev–Trinajstić information content (AvgIpc) is 2.47. The van der Waals surface area contributed by atoms with E-state index in [0.29, 0.717) is 12.2 Å². The molecule has 0 radical (unpaired) electrons. The number of benzene rings is 1. The minimum Gasteiger partial charge on any atom is -0.456 e. The Hall–Kier alpha value is -1.39. The summed E-state index contributed by atoms with van der Waals surface area (Å²) < 4.78 is 17.4. The highest BCUT2D eigenvalue weighted by molar-refractivity contribution is 5.89. The maximum atomic E-state index is 12.3. The van der Waals surface area contributed by atoms with Gasteiger partial charge in [-0.3, -0.25) is 0 Å². The first-order valence-electron chi connectivity index (χ1n) is 7.52. The fourth-order valence-electron chi connectivity index (χ4n) is 2.54. The summed E-state index contributed by atoms with van der Waals surface area (Å²) in [5.41, 5.74) is 0.562. The molecule has 1 saturated heterocycles. The Kier molecular flexibility index (Phi) is 5.37. The van der Waals surface area contributed by atoms with Crippen LogP contribution >= 0.6 is 0 Å². The van der Waals surface area contributed by atoms with Crippen molar-refractivity contribution in [3.05, 3.63) is 35.9 Å². The molecule has 1 aromatic rings. The zero-order valence-corrected chi connectivity index (χ0v) is 13.1. The van der Waals surface area contributed by atoms with E-state index in [1.54, 1.807) is 12.1 Å². The molecule has 4 atom stereocenters. The van der Waals surface area contributed by atoms with Crippen molar-refractivity contribution in [1.82, 2.24) is 0 Å². The fraction of sp³-hybridized carbons (Fsp3) is 0.588. The Labute approximate surface area is 126 Å². The maximum absolute atomic E-state index is 12.3. The highest BCUT2D eigenvalue weighted by Gasteiger charge is 2.40. The van der Waals surface area contributed by atoms with E-state index in [4.69, 9.17) is 14.2 Å². The second-order valence-electron chi connectivity index (χ2n) is 5.90. The van der Waals surface area contributed by atoms with E-state index in [0.717, 1.165) is 0 Å². The monoisotopic (exact) mass is 292 g/mol. The highest BCUT2D eigenvalue weighted by atomic mass is 16.6. The largest absolute Gasteiger partial charge is 0.456 e. The highest BCUT2D eigenvalue weighted by Crippen LogP contribution is 2.27. The van der Waals surface area contributed by atoms with Gasteiger partial charge in [-0.1, -0.05) is 25.1 Å². The van der Waals surface area contributed by atoms with Crippen molar-refractivity contribution >= 4 is 5.97 Å². The minimum atomic E-state index is -0.307. The second kappa shape index (κ2) is 7.05. The first kappa shape index (κ1) is 16.0.